The Morgan fingerprint density at radius 2 is 1.05 bits per heavy atom. The Hall–Kier alpha value is -4.26. The van der Waals surface area contributed by atoms with Crippen molar-refractivity contribution >= 4 is 10.8 Å². The first-order chi connectivity index (χ1) is 18.6. The van der Waals surface area contributed by atoms with E-state index in [0.717, 1.165) is 60.1 Å². The van der Waals surface area contributed by atoms with Gasteiger partial charge in [-0.05, 0) is 52.4 Å². The largest absolute Gasteiger partial charge is 0.341 e. The summed E-state index contributed by atoms with van der Waals surface area (Å²) >= 11 is 0. The standard InChI is InChI=1S/C32H30N6/c1-19-11-27(33-15-19)31-35-17-29(37-31)22-5-3-21(4-6-22)23-7-8-25-14-26(10-9-24(25)13-23)30-18-36-32(38-30)28-12-20(2)16-34-28/h3-10,13-14,17-18,27-28,33-34H,1-2,11-12,15-16H2,(H,35,37)(H,36,38)/t27-,28-/m0/s1. The second kappa shape index (κ2) is 9.24. The fourth-order valence-corrected chi connectivity index (χ4v) is 5.54. The summed E-state index contributed by atoms with van der Waals surface area (Å²) in [5, 5.41) is 9.34. The van der Waals surface area contributed by atoms with Crippen molar-refractivity contribution in [3.63, 3.8) is 0 Å². The number of aromatic amines is 2. The predicted octanol–water partition coefficient (Wildman–Crippen LogP) is 6.47. The topological polar surface area (TPSA) is 81.4 Å². The van der Waals surface area contributed by atoms with Crippen LogP contribution in [0.2, 0.25) is 0 Å². The van der Waals surface area contributed by atoms with E-state index in [2.05, 4.69) is 104 Å². The molecule has 4 heterocycles. The Kier molecular flexibility index (Phi) is 5.57. The molecule has 2 aliphatic heterocycles. The summed E-state index contributed by atoms with van der Waals surface area (Å²) in [6.07, 6.45) is 5.72. The second-order valence-electron chi connectivity index (χ2n) is 10.5. The van der Waals surface area contributed by atoms with Crippen LogP contribution in [0.15, 0.2) is 97.4 Å². The van der Waals surface area contributed by atoms with E-state index in [1.54, 1.807) is 0 Å². The van der Waals surface area contributed by atoms with Gasteiger partial charge in [0.25, 0.3) is 0 Å². The van der Waals surface area contributed by atoms with E-state index in [4.69, 9.17) is 0 Å². The molecule has 6 nitrogen and oxygen atoms in total. The molecule has 7 rings (SSSR count). The van der Waals surface area contributed by atoms with Gasteiger partial charge in [-0.3, -0.25) is 0 Å². The van der Waals surface area contributed by atoms with Crippen molar-refractivity contribution in [2.75, 3.05) is 13.1 Å². The molecule has 2 atom stereocenters. The van der Waals surface area contributed by atoms with E-state index in [1.807, 2.05) is 12.4 Å². The lowest BCUT2D eigenvalue weighted by Gasteiger charge is -2.08. The van der Waals surface area contributed by atoms with Gasteiger partial charge in [0.1, 0.15) is 11.6 Å². The summed E-state index contributed by atoms with van der Waals surface area (Å²) in [6, 6.07) is 22.4. The summed E-state index contributed by atoms with van der Waals surface area (Å²) in [6.45, 7) is 9.88. The molecule has 0 aliphatic carbocycles. The molecule has 188 valence electrons. The van der Waals surface area contributed by atoms with Crippen LogP contribution in [0, 0.1) is 0 Å². The van der Waals surface area contributed by atoms with Crippen LogP contribution in [0.4, 0.5) is 0 Å². The lowest BCUT2D eigenvalue weighted by Crippen LogP contribution is -2.14. The van der Waals surface area contributed by atoms with E-state index in [1.165, 1.54) is 33.0 Å². The minimum atomic E-state index is 0.228. The molecule has 0 bridgehead atoms. The summed E-state index contributed by atoms with van der Waals surface area (Å²) < 4.78 is 0. The number of benzene rings is 3. The van der Waals surface area contributed by atoms with E-state index >= 15 is 0 Å². The smallest absolute Gasteiger partial charge is 0.124 e. The number of nitrogens with zero attached hydrogens (tertiary/aromatic N) is 2. The van der Waals surface area contributed by atoms with Crippen molar-refractivity contribution in [3.8, 4) is 33.6 Å². The molecule has 2 fully saturated rings. The quantitative estimate of drug-likeness (QED) is 0.209. The van der Waals surface area contributed by atoms with Crippen LogP contribution in [0.3, 0.4) is 0 Å². The van der Waals surface area contributed by atoms with Gasteiger partial charge in [0.15, 0.2) is 0 Å². The lowest BCUT2D eigenvalue weighted by atomic mass is 9.98. The summed E-state index contributed by atoms with van der Waals surface area (Å²) in [5.74, 6) is 1.95. The maximum atomic E-state index is 4.62. The van der Waals surface area contributed by atoms with Gasteiger partial charge in [-0.15, -0.1) is 0 Å². The number of fused-ring (bicyclic) bond motifs is 1. The number of imidazole rings is 2. The van der Waals surface area contributed by atoms with Gasteiger partial charge in [0.2, 0.25) is 0 Å². The first-order valence-corrected chi connectivity index (χ1v) is 13.1. The molecule has 2 aliphatic rings. The van der Waals surface area contributed by atoms with Crippen molar-refractivity contribution in [2.45, 2.75) is 24.9 Å². The Bertz CT molecular complexity index is 1670. The SMILES string of the molecule is C=C1CN[C@H](c2ncc(-c3ccc(-c4ccc5cc(-c6cnc([C@@H]7CC(=C)CN7)[nH]6)ccc5c4)cc3)[nH]2)C1. The number of rotatable bonds is 5. The number of hydrogen-bond acceptors (Lipinski definition) is 4. The lowest BCUT2D eigenvalue weighted by molar-refractivity contribution is 0.616. The zero-order chi connectivity index (χ0) is 25.6. The average Bonchev–Trinajstić information content (AvgIpc) is 3.75. The van der Waals surface area contributed by atoms with Crippen molar-refractivity contribution in [1.82, 2.24) is 30.6 Å². The molecular formula is C32H30N6. The van der Waals surface area contributed by atoms with Crippen LogP contribution >= 0.6 is 0 Å². The number of H-pyrrole nitrogens is 2. The van der Waals surface area contributed by atoms with Crippen LogP contribution in [0.25, 0.3) is 44.4 Å². The molecule has 2 aromatic heterocycles. The van der Waals surface area contributed by atoms with Crippen LogP contribution in [-0.4, -0.2) is 33.0 Å². The first-order valence-electron chi connectivity index (χ1n) is 13.1. The monoisotopic (exact) mass is 498 g/mol. The van der Waals surface area contributed by atoms with Crippen LogP contribution in [0.1, 0.15) is 36.6 Å². The molecule has 3 aromatic carbocycles. The van der Waals surface area contributed by atoms with E-state index in [0.29, 0.717) is 0 Å². The van der Waals surface area contributed by atoms with Crippen LogP contribution in [0.5, 0.6) is 0 Å². The van der Waals surface area contributed by atoms with Crippen LogP contribution in [-0.2, 0) is 0 Å². The van der Waals surface area contributed by atoms with E-state index < -0.39 is 0 Å². The maximum absolute atomic E-state index is 4.62. The third-order valence-electron chi connectivity index (χ3n) is 7.71. The molecule has 6 heteroatoms. The summed E-state index contributed by atoms with van der Waals surface area (Å²) in [5.41, 5.74) is 9.19. The molecule has 2 saturated heterocycles. The fourth-order valence-electron chi connectivity index (χ4n) is 5.54. The van der Waals surface area contributed by atoms with Gasteiger partial charge >= 0.3 is 0 Å². The highest BCUT2D eigenvalue weighted by atomic mass is 15.0. The van der Waals surface area contributed by atoms with Gasteiger partial charge < -0.3 is 20.6 Å². The van der Waals surface area contributed by atoms with Gasteiger partial charge in [-0.1, -0.05) is 72.8 Å². The highest BCUT2D eigenvalue weighted by molar-refractivity contribution is 5.90. The third kappa shape index (κ3) is 4.28. The predicted molar refractivity (Wildman–Crippen MR) is 154 cm³/mol. The molecule has 0 radical (unpaired) electrons. The van der Waals surface area contributed by atoms with Gasteiger partial charge in [-0.25, -0.2) is 9.97 Å². The third-order valence-corrected chi connectivity index (χ3v) is 7.71. The second-order valence-corrected chi connectivity index (χ2v) is 10.5. The Morgan fingerprint density at radius 1 is 0.579 bits per heavy atom. The average molecular weight is 499 g/mol. The minimum absolute atomic E-state index is 0.228. The highest BCUT2D eigenvalue weighted by Gasteiger charge is 2.22. The summed E-state index contributed by atoms with van der Waals surface area (Å²) in [4.78, 5) is 16.2. The minimum Gasteiger partial charge on any atom is -0.341 e. The van der Waals surface area contributed by atoms with Crippen LogP contribution < -0.4 is 10.6 Å². The molecule has 0 saturated carbocycles. The van der Waals surface area contributed by atoms with E-state index in [-0.39, 0.29) is 12.1 Å². The molecule has 4 N–H and O–H groups in total. The zero-order valence-electron chi connectivity index (χ0n) is 21.2. The van der Waals surface area contributed by atoms with Crippen molar-refractivity contribution < 1.29 is 0 Å². The molecule has 5 aromatic rings. The van der Waals surface area contributed by atoms with Crippen molar-refractivity contribution in [2.24, 2.45) is 0 Å². The van der Waals surface area contributed by atoms with E-state index in [9.17, 15) is 0 Å². The number of nitrogens with one attached hydrogen (secondary N) is 4. The number of aromatic nitrogens is 4. The molecule has 0 spiro atoms. The fraction of sp³-hybridized carbons (Fsp3) is 0.188. The Labute approximate surface area is 222 Å². The molecule has 0 amide bonds. The Balaban J connectivity index is 1.10. The first kappa shape index (κ1) is 22.9. The highest BCUT2D eigenvalue weighted by Crippen LogP contribution is 2.31. The molecule has 0 unspecified atom stereocenters. The maximum Gasteiger partial charge on any atom is 0.124 e. The zero-order valence-corrected chi connectivity index (χ0v) is 21.2. The van der Waals surface area contributed by atoms with Gasteiger partial charge in [0.05, 0.1) is 35.9 Å². The normalized spacial score (nSPS) is 19.6. The summed E-state index contributed by atoms with van der Waals surface area (Å²) in [7, 11) is 0. The van der Waals surface area contributed by atoms with Crippen molar-refractivity contribution in [3.05, 3.63) is 109 Å². The molecule has 38 heavy (non-hydrogen) atoms. The molecular weight excluding hydrogens is 468 g/mol. The van der Waals surface area contributed by atoms with Gasteiger partial charge in [0, 0.05) is 18.7 Å². The van der Waals surface area contributed by atoms with Gasteiger partial charge in [-0.2, -0.15) is 0 Å². The number of hydrogen-bond donors (Lipinski definition) is 4. The van der Waals surface area contributed by atoms with Crippen molar-refractivity contribution in [1.29, 1.82) is 0 Å². The Morgan fingerprint density at radius 3 is 1.61 bits per heavy atom.